The fourth-order valence-electron chi connectivity index (χ4n) is 7.89. The summed E-state index contributed by atoms with van der Waals surface area (Å²) in [6, 6.07) is 61.5. The van der Waals surface area contributed by atoms with E-state index in [4.69, 9.17) is 19.4 Å². The molecule has 11 rings (SSSR count). The van der Waals surface area contributed by atoms with E-state index in [2.05, 4.69) is 170 Å². The maximum absolute atomic E-state index is 6.91. The lowest BCUT2D eigenvalue weighted by molar-refractivity contribution is 0.673. The highest BCUT2D eigenvalue weighted by atomic mass is 16.3. The maximum atomic E-state index is 6.91. The zero-order valence-electron chi connectivity index (χ0n) is 28.5. The van der Waals surface area contributed by atoms with E-state index >= 15 is 0 Å². The summed E-state index contributed by atoms with van der Waals surface area (Å²) in [5.74, 6) is 1.83. The Bertz CT molecular complexity index is 3220. The van der Waals surface area contributed by atoms with Gasteiger partial charge in [0.15, 0.2) is 17.5 Å². The van der Waals surface area contributed by atoms with Crippen molar-refractivity contribution in [3.8, 4) is 45.3 Å². The largest absolute Gasteiger partial charge is 0.455 e. The van der Waals surface area contributed by atoms with Crippen LogP contribution in [0.2, 0.25) is 0 Å². The molecule has 0 amide bonds. The van der Waals surface area contributed by atoms with Gasteiger partial charge in [0.1, 0.15) is 11.2 Å². The molecule has 0 unspecified atom stereocenters. The fraction of sp³-hybridized carbons (Fsp3) is 0. The van der Waals surface area contributed by atoms with Crippen molar-refractivity contribution in [2.75, 3.05) is 0 Å². The average Bonchev–Trinajstić information content (AvgIpc) is 3.64. The maximum Gasteiger partial charge on any atom is 0.164 e. The van der Waals surface area contributed by atoms with Gasteiger partial charge in [0.25, 0.3) is 0 Å². The second-order valence-electron chi connectivity index (χ2n) is 13.6. The molecule has 9 aromatic carbocycles. The first-order valence-electron chi connectivity index (χ1n) is 17.9. The standard InChI is InChI=1S/C49H29N3O/c1-2-10-30(11-3-1)32-18-22-35(23-19-32)47-50-48(38-25-20-31-12-4-5-15-36(31)28-38)52-49(51-47)41-29-37-24-21-33-13-6-8-16-39(33)43(37)46-45(41)44-40-17-9-7-14-34(40)26-27-42(44)53-46/h1-29H. The summed E-state index contributed by atoms with van der Waals surface area (Å²) in [6.07, 6.45) is 0. The number of benzene rings is 9. The second kappa shape index (κ2) is 11.7. The van der Waals surface area contributed by atoms with Gasteiger partial charge in [-0.2, -0.15) is 0 Å². The predicted molar refractivity (Wildman–Crippen MR) is 219 cm³/mol. The SMILES string of the molecule is c1ccc(-c2ccc(-c3nc(-c4ccc5ccccc5c4)nc(-c4cc5ccc6ccccc6c5c5oc6ccc7ccccc7c6c45)n3)cc2)cc1. The first-order valence-corrected chi connectivity index (χ1v) is 17.9. The molecule has 0 aliphatic heterocycles. The summed E-state index contributed by atoms with van der Waals surface area (Å²) in [6.45, 7) is 0. The Morgan fingerprint density at radius 3 is 1.62 bits per heavy atom. The molecule has 2 aromatic heterocycles. The van der Waals surface area contributed by atoms with Gasteiger partial charge in [0.05, 0.1) is 0 Å². The average molecular weight is 676 g/mol. The van der Waals surface area contributed by atoms with Crippen LogP contribution in [0.3, 0.4) is 0 Å². The molecular formula is C49H29N3O. The zero-order chi connectivity index (χ0) is 34.9. The van der Waals surface area contributed by atoms with Crippen molar-refractivity contribution < 1.29 is 4.42 Å². The monoisotopic (exact) mass is 675 g/mol. The molecule has 53 heavy (non-hydrogen) atoms. The van der Waals surface area contributed by atoms with Crippen LogP contribution in [0.4, 0.5) is 0 Å². The molecular weight excluding hydrogens is 647 g/mol. The van der Waals surface area contributed by atoms with Crippen molar-refractivity contribution in [2.45, 2.75) is 0 Å². The lowest BCUT2D eigenvalue weighted by atomic mass is 9.94. The van der Waals surface area contributed by atoms with Gasteiger partial charge in [-0.15, -0.1) is 0 Å². The van der Waals surface area contributed by atoms with Crippen LogP contribution in [0.25, 0.3) is 110 Å². The molecule has 11 aromatic rings. The lowest BCUT2D eigenvalue weighted by Gasteiger charge is -2.12. The van der Waals surface area contributed by atoms with Gasteiger partial charge in [0.2, 0.25) is 0 Å². The van der Waals surface area contributed by atoms with Crippen LogP contribution in [0.15, 0.2) is 180 Å². The van der Waals surface area contributed by atoms with Crippen LogP contribution in [0.1, 0.15) is 0 Å². The molecule has 0 spiro atoms. The van der Waals surface area contributed by atoms with Crippen molar-refractivity contribution in [3.63, 3.8) is 0 Å². The van der Waals surface area contributed by atoms with E-state index in [9.17, 15) is 0 Å². The van der Waals surface area contributed by atoms with E-state index in [0.29, 0.717) is 17.5 Å². The summed E-state index contributed by atoms with van der Waals surface area (Å²) >= 11 is 0. The van der Waals surface area contributed by atoms with Crippen molar-refractivity contribution in [2.24, 2.45) is 0 Å². The normalized spacial score (nSPS) is 11.8. The highest BCUT2D eigenvalue weighted by Crippen LogP contribution is 2.45. The van der Waals surface area contributed by atoms with Crippen molar-refractivity contribution in [3.05, 3.63) is 176 Å². The van der Waals surface area contributed by atoms with Gasteiger partial charge in [-0.05, 0) is 67.0 Å². The lowest BCUT2D eigenvalue weighted by Crippen LogP contribution is -2.01. The molecule has 0 radical (unpaired) electrons. The fourth-order valence-corrected chi connectivity index (χ4v) is 7.89. The molecule has 0 aliphatic carbocycles. The second-order valence-corrected chi connectivity index (χ2v) is 13.6. The van der Waals surface area contributed by atoms with Crippen molar-refractivity contribution in [1.29, 1.82) is 0 Å². The van der Waals surface area contributed by atoms with Gasteiger partial charge >= 0.3 is 0 Å². The molecule has 246 valence electrons. The molecule has 0 fully saturated rings. The molecule has 0 N–H and O–H groups in total. The summed E-state index contributed by atoms with van der Waals surface area (Å²) < 4.78 is 6.91. The van der Waals surface area contributed by atoms with Crippen LogP contribution in [-0.4, -0.2) is 15.0 Å². The van der Waals surface area contributed by atoms with Gasteiger partial charge in [0, 0.05) is 32.8 Å². The smallest absolute Gasteiger partial charge is 0.164 e. The quantitative estimate of drug-likeness (QED) is 0.174. The Kier molecular flexibility index (Phi) is 6.52. The summed E-state index contributed by atoms with van der Waals surface area (Å²) in [5.41, 5.74) is 6.73. The van der Waals surface area contributed by atoms with Crippen LogP contribution in [0, 0.1) is 0 Å². The molecule has 0 atom stereocenters. The van der Waals surface area contributed by atoms with E-state index in [1.54, 1.807) is 0 Å². The molecule has 0 saturated carbocycles. The molecule has 2 heterocycles. The van der Waals surface area contributed by atoms with Crippen molar-refractivity contribution in [1.82, 2.24) is 15.0 Å². The van der Waals surface area contributed by atoms with Gasteiger partial charge in [-0.25, -0.2) is 15.0 Å². The Labute approximate surface area is 304 Å². The summed E-state index contributed by atoms with van der Waals surface area (Å²) in [4.78, 5) is 15.7. The van der Waals surface area contributed by atoms with Gasteiger partial charge < -0.3 is 4.42 Å². The minimum atomic E-state index is 0.598. The first kappa shape index (κ1) is 29.5. The van der Waals surface area contributed by atoms with E-state index < -0.39 is 0 Å². The van der Waals surface area contributed by atoms with E-state index in [0.717, 1.165) is 82.1 Å². The summed E-state index contributed by atoms with van der Waals surface area (Å²) in [7, 11) is 0. The molecule has 0 saturated heterocycles. The minimum Gasteiger partial charge on any atom is -0.455 e. The predicted octanol–water partition coefficient (Wildman–Crippen LogP) is 13.1. The molecule has 0 bridgehead atoms. The Balaban J connectivity index is 1.23. The summed E-state index contributed by atoms with van der Waals surface area (Å²) in [5, 5.41) is 11.1. The highest BCUT2D eigenvalue weighted by Gasteiger charge is 2.22. The molecule has 4 heteroatoms. The number of furan rings is 1. The van der Waals surface area contributed by atoms with E-state index in [1.165, 1.54) is 10.8 Å². The van der Waals surface area contributed by atoms with Crippen LogP contribution in [-0.2, 0) is 0 Å². The first-order chi connectivity index (χ1) is 26.2. The number of aromatic nitrogens is 3. The van der Waals surface area contributed by atoms with Gasteiger partial charge in [-0.3, -0.25) is 0 Å². The Morgan fingerprint density at radius 2 is 0.849 bits per heavy atom. The van der Waals surface area contributed by atoms with E-state index in [-0.39, 0.29) is 0 Å². The number of rotatable bonds is 4. The zero-order valence-corrected chi connectivity index (χ0v) is 28.5. The Morgan fingerprint density at radius 1 is 0.321 bits per heavy atom. The Hall–Kier alpha value is -7.17. The number of nitrogens with zero attached hydrogens (tertiary/aromatic N) is 3. The minimum absolute atomic E-state index is 0.598. The number of hydrogen-bond donors (Lipinski definition) is 0. The van der Waals surface area contributed by atoms with Crippen LogP contribution >= 0.6 is 0 Å². The van der Waals surface area contributed by atoms with Gasteiger partial charge in [-0.1, -0.05) is 158 Å². The molecule has 0 aliphatic rings. The van der Waals surface area contributed by atoms with Crippen LogP contribution in [0.5, 0.6) is 0 Å². The van der Waals surface area contributed by atoms with Crippen LogP contribution < -0.4 is 0 Å². The van der Waals surface area contributed by atoms with Crippen molar-refractivity contribution >= 4 is 65.0 Å². The highest BCUT2D eigenvalue weighted by molar-refractivity contribution is 6.30. The number of hydrogen-bond acceptors (Lipinski definition) is 4. The third-order valence-electron chi connectivity index (χ3n) is 10.5. The van der Waals surface area contributed by atoms with E-state index in [1.807, 2.05) is 6.07 Å². The molecule has 4 nitrogen and oxygen atoms in total. The number of fused-ring (bicyclic) bond motifs is 10. The topological polar surface area (TPSA) is 51.8 Å². The third-order valence-corrected chi connectivity index (χ3v) is 10.5. The third kappa shape index (κ3) is 4.80.